The number of nitrogens with zero attached hydrogens (tertiary/aromatic N) is 3. The van der Waals surface area contributed by atoms with E-state index in [1.54, 1.807) is 6.20 Å². The maximum atomic E-state index is 6.17. The van der Waals surface area contributed by atoms with Crippen molar-refractivity contribution in [3.63, 3.8) is 0 Å². The summed E-state index contributed by atoms with van der Waals surface area (Å²) in [4.78, 5) is 8.69. The first-order chi connectivity index (χ1) is 10.3. The van der Waals surface area contributed by atoms with Crippen molar-refractivity contribution in [3.05, 3.63) is 59.6 Å². The Kier molecular flexibility index (Phi) is 5.63. The Hall–Kier alpha value is -1.78. The van der Waals surface area contributed by atoms with Gasteiger partial charge in [-0.3, -0.25) is 0 Å². The van der Waals surface area contributed by atoms with Crippen molar-refractivity contribution >= 4 is 24.0 Å². The summed E-state index contributed by atoms with van der Waals surface area (Å²) in [5.41, 5.74) is 0.859. The number of halogens is 2. The smallest absolute Gasteiger partial charge is 0.214 e. The quantitative estimate of drug-likeness (QED) is 0.682. The number of aromatic nitrogens is 3. The summed E-state index contributed by atoms with van der Waals surface area (Å²) in [5, 5.41) is 0.662. The van der Waals surface area contributed by atoms with Gasteiger partial charge in [0.1, 0.15) is 12.4 Å². The van der Waals surface area contributed by atoms with Crippen LogP contribution in [0.5, 0.6) is 0 Å². The van der Waals surface area contributed by atoms with Gasteiger partial charge in [0.25, 0.3) is 0 Å². The van der Waals surface area contributed by atoms with Crippen LogP contribution in [0.15, 0.2) is 47.3 Å². The molecular weight excluding hydrogens is 321 g/mol. The second-order valence-corrected chi connectivity index (χ2v) is 5.23. The van der Waals surface area contributed by atoms with Gasteiger partial charge < -0.3 is 8.98 Å². The molecule has 0 unspecified atom stereocenters. The molecule has 0 aliphatic heterocycles. The average molecular weight is 338 g/mol. The third-order valence-electron chi connectivity index (χ3n) is 3.27. The molecule has 3 aromatic rings. The van der Waals surface area contributed by atoms with E-state index in [0.717, 1.165) is 24.2 Å². The summed E-state index contributed by atoms with van der Waals surface area (Å²) < 4.78 is 7.87. The largest absolute Gasteiger partial charge is 0.439 e. The fourth-order valence-electron chi connectivity index (χ4n) is 2.25. The zero-order chi connectivity index (χ0) is 14.7. The summed E-state index contributed by atoms with van der Waals surface area (Å²) in [6.07, 6.45) is 7.48. The van der Waals surface area contributed by atoms with E-state index in [0.29, 0.717) is 23.2 Å². The average Bonchev–Trinajstić information content (AvgIpc) is 3.11. The van der Waals surface area contributed by atoms with Gasteiger partial charge in [0.05, 0.1) is 11.2 Å². The highest BCUT2D eigenvalue weighted by atomic mass is 35.5. The second-order valence-electron chi connectivity index (χ2n) is 4.82. The van der Waals surface area contributed by atoms with Crippen LogP contribution in [0.1, 0.15) is 25.1 Å². The van der Waals surface area contributed by atoms with Crippen LogP contribution in [0.2, 0.25) is 5.02 Å². The van der Waals surface area contributed by atoms with Crippen LogP contribution < -0.4 is 0 Å². The van der Waals surface area contributed by atoms with Crippen molar-refractivity contribution in [3.8, 4) is 11.3 Å². The van der Waals surface area contributed by atoms with Gasteiger partial charge in [-0.25, -0.2) is 9.97 Å². The van der Waals surface area contributed by atoms with Crippen molar-refractivity contribution < 1.29 is 4.42 Å². The molecule has 2 heterocycles. The van der Waals surface area contributed by atoms with Crippen LogP contribution in [0.3, 0.4) is 0 Å². The summed E-state index contributed by atoms with van der Waals surface area (Å²) in [5.74, 6) is 2.39. The Bertz CT molecular complexity index is 736. The van der Waals surface area contributed by atoms with Crippen LogP contribution in [-0.4, -0.2) is 14.5 Å². The number of imidazole rings is 1. The summed E-state index contributed by atoms with van der Waals surface area (Å²) in [6.45, 7) is 2.72. The first kappa shape index (κ1) is 16.6. The van der Waals surface area contributed by atoms with E-state index in [1.807, 2.05) is 36.7 Å². The molecule has 1 aromatic carbocycles. The van der Waals surface area contributed by atoms with E-state index in [1.165, 1.54) is 0 Å². The molecule has 0 fully saturated rings. The normalized spacial score (nSPS) is 10.5. The van der Waals surface area contributed by atoms with Gasteiger partial charge in [-0.05, 0) is 18.6 Å². The number of benzene rings is 1. The number of hydrogen-bond acceptors (Lipinski definition) is 3. The molecule has 0 N–H and O–H groups in total. The van der Waals surface area contributed by atoms with E-state index in [4.69, 9.17) is 16.0 Å². The molecule has 0 aliphatic carbocycles. The minimum Gasteiger partial charge on any atom is -0.439 e. The van der Waals surface area contributed by atoms with Gasteiger partial charge in [0, 0.05) is 24.4 Å². The van der Waals surface area contributed by atoms with Crippen LogP contribution in [0, 0.1) is 0 Å². The molecule has 0 atom stereocenters. The molecule has 6 heteroatoms. The van der Waals surface area contributed by atoms with Crippen molar-refractivity contribution in [2.75, 3.05) is 0 Å². The fraction of sp³-hybridized carbons (Fsp3) is 0.250. The predicted molar refractivity (Wildman–Crippen MR) is 89.5 cm³/mol. The van der Waals surface area contributed by atoms with Crippen molar-refractivity contribution in [2.24, 2.45) is 0 Å². The van der Waals surface area contributed by atoms with E-state index in [-0.39, 0.29) is 12.4 Å². The van der Waals surface area contributed by atoms with E-state index >= 15 is 0 Å². The SMILES string of the molecule is CCCc1nccn1Cc1ncc(-c2ccccc2Cl)o1.Cl. The minimum absolute atomic E-state index is 0. The van der Waals surface area contributed by atoms with E-state index in [2.05, 4.69) is 21.5 Å². The molecule has 0 amide bonds. The number of oxazole rings is 1. The zero-order valence-corrected chi connectivity index (χ0v) is 13.8. The van der Waals surface area contributed by atoms with Crippen molar-refractivity contribution in [2.45, 2.75) is 26.3 Å². The number of rotatable bonds is 5. The number of aryl methyl sites for hydroxylation is 1. The van der Waals surface area contributed by atoms with Gasteiger partial charge in [-0.15, -0.1) is 12.4 Å². The van der Waals surface area contributed by atoms with Crippen LogP contribution in [0.25, 0.3) is 11.3 Å². The minimum atomic E-state index is 0. The Morgan fingerprint density at radius 2 is 2.05 bits per heavy atom. The Morgan fingerprint density at radius 1 is 1.23 bits per heavy atom. The molecule has 116 valence electrons. The van der Waals surface area contributed by atoms with Gasteiger partial charge in [-0.1, -0.05) is 30.7 Å². The summed E-state index contributed by atoms with van der Waals surface area (Å²) >= 11 is 6.17. The van der Waals surface area contributed by atoms with Crippen LogP contribution >= 0.6 is 24.0 Å². The third-order valence-corrected chi connectivity index (χ3v) is 3.60. The molecule has 0 saturated heterocycles. The van der Waals surface area contributed by atoms with Gasteiger partial charge >= 0.3 is 0 Å². The van der Waals surface area contributed by atoms with E-state index < -0.39 is 0 Å². The van der Waals surface area contributed by atoms with Crippen molar-refractivity contribution in [1.82, 2.24) is 14.5 Å². The van der Waals surface area contributed by atoms with Gasteiger partial charge in [0.2, 0.25) is 5.89 Å². The van der Waals surface area contributed by atoms with Gasteiger partial charge in [0.15, 0.2) is 5.76 Å². The lowest BCUT2D eigenvalue weighted by Gasteiger charge is -2.04. The molecule has 22 heavy (non-hydrogen) atoms. The fourth-order valence-corrected chi connectivity index (χ4v) is 2.48. The molecule has 0 radical (unpaired) electrons. The van der Waals surface area contributed by atoms with Gasteiger partial charge in [-0.2, -0.15) is 0 Å². The summed E-state index contributed by atoms with van der Waals surface area (Å²) in [6, 6.07) is 7.59. The molecule has 0 bridgehead atoms. The molecule has 0 saturated carbocycles. The van der Waals surface area contributed by atoms with Crippen LogP contribution in [-0.2, 0) is 13.0 Å². The Labute approximate surface area is 140 Å². The molecule has 0 spiro atoms. The zero-order valence-electron chi connectivity index (χ0n) is 12.2. The highest BCUT2D eigenvalue weighted by molar-refractivity contribution is 6.33. The third kappa shape index (κ3) is 3.51. The number of hydrogen-bond donors (Lipinski definition) is 0. The van der Waals surface area contributed by atoms with E-state index in [9.17, 15) is 0 Å². The lowest BCUT2D eigenvalue weighted by Crippen LogP contribution is -2.04. The maximum Gasteiger partial charge on any atom is 0.214 e. The molecular formula is C16H17Cl2N3O. The van der Waals surface area contributed by atoms with Crippen LogP contribution in [0.4, 0.5) is 0 Å². The highest BCUT2D eigenvalue weighted by Gasteiger charge is 2.11. The predicted octanol–water partition coefficient (Wildman–Crippen LogP) is 4.61. The summed E-state index contributed by atoms with van der Waals surface area (Å²) in [7, 11) is 0. The lowest BCUT2D eigenvalue weighted by atomic mass is 10.2. The molecule has 4 nitrogen and oxygen atoms in total. The maximum absolute atomic E-state index is 6.17. The molecule has 2 aromatic heterocycles. The molecule has 0 aliphatic rings. The topological polar surface area (TPSA) is 43.9 Å². The monoisotopic (exact) mass is 337 g/mol. The highest BCUT2D eigenvalue weighted by Crippen LogP contribution is 2.28. The Balaban J connectivity index is 0.00000176. The van der Waals surface area contributed by atoms with Crippen molar-refractivity contribution in [1.29, 1.82) is 0 Å². The first-order valence-electron chi connectivity index (χ1n) is 6.97. The first-order valence-corrected chi connectivity index (χ1v) is 7.35. The lowest BCUT2D eigenvalue weighted by molar-refractivity contribution is 0.483. The Morgan fingerprint density at radius 3 is 2.82 bits per heavy atom. The molecule has 3 rings (SSSR count). The standard InChI is InChI=1S/C16H16ClN3O.ClH/c1-2-5-15-18-8-9-20(15)11-16-19-10-14(21-16)12-6-3-4-7-13(12)17;/h3-4,6-10H,2,5,11H2,1H3;1H. The second kappa shape index (κ2) is 7.47.